The van der Waals surface area contributed by atoms with Crippen LogP contribution in [0.25, 0.3) is 10.9 Å². The van der Waals surface area contributed by atoms with Gasteiger partial charge in [0.15, 0.2) is 9.84 Å². The highest BCUT2D eigenvalue weighted by atomic mass is 35.5. The van der Waals surface area contributed by atoms with Gasteiger partial charge in [-0.1, -0.05) is 36.7 Å². The molecule has 0 aliphatic carbocycles. The van der Waals surface area contributed by atoms with Crippen LogP contribution in [0.4, 0.5) is 13.2 Å². The van der Waals surface area contributed by atoms with Gasteiger partial charge in [-0.2, -0.15) is 13.2 Å². The van der Waals surface area contributed by atoms with Gasteiger partial charge in [-0.05, 0) is 70.4 Å². The average Bonchev–Trinajstić information content (AvgIpc) is 3.33. The predicted octanol–water partition coefficient (Wildman–Crippen LogP) is 3.09. The highest BCUT2D eigenvalue weighted by Gasteiger charge is 2.38. The van der Waals surface area contributed by atoms with Crippen molar-refractivity contribution < 1.29 is 36.6 Å². The van der Waals surface area contributed by atoms with E-state index in [1.54, 1.807) is 0 Å². The number of alkyl halides is 3. The van der Waals surface area contributed by atoms with Gasteiger partial charge in [0.2, 0.25) is 0 Å². The number of fused-ring (bicyclic) bond motifs is 1. The van der Waals surface area contributed by atoms with Crippen molar-refractivity contribution >= 4 is 69.6 Å². The second kappa shape index (κ2) is 12.6. The number of benzene rings is 3. The maximum absolute atomic E-state index is 13.9. The second-order valence-corrected chi connectivity index (χ2v) is 13.3. The van der Waals surface area contributed by atoms with Gasteiger partial charge in [0.05, 0.1) is 60.2 Å². The Hall–Kier alpha value is -3.12. The van der Waals surface area contributed by atoms with Crippen molar-refractivity contribution in [1.82, 2.24) is 9.88 Å². The molecule has 1 aromatic heterocycles. The zero-order valence-corrected chi connectivity index (χ0v) is 25.4. The molecule has 8 radical (unpaired) electrons. The molecule has 7 nitrogen and oxygen atoms in total. The van der Waals surface area contributed by atoms with E-state index in [9.17, 15) is 36.6 Å². The van der Waals surface area contributed by atoms with Gasteiger partial charge in [-0.25, -0.2) is 8.42 Å². The monoisotopic (exact) mass is 648 g/mol. The summed E-state index contributed by atoms with van der Waals surface area (Å²) in [5.41, 5.74) is -0.392. The molecule has 0 saturated carbocycles. The van der Waals surface area contributed by atoms with Crippen molar-refractivity contribution in [2.75, 3.05) is 12.4 Å². The Labute approximate surface area is 268 Å². The highest BCUT2D eigenvalue weighted by Crippen LogP contribution is 2.37. The van der Waals surface area contributed by atoms with Crippen LogP contribution in [0.2, 0.25) is 5.02 Å². The van der Waals surface area contributed by atoms with Crippen molar-refractivity contribution in [1.29, 1.82) is 0 Å². The number of amides is 1. The number of carbonyl (C=O) groups is 1. The normalized spacial score (nSPS) is 13.6. The number of carbonyl (C=O) groups excluding carboxylic acids is 1. The van der Waals surface area contributed by atoms with Crippen molar-refractivity contribution in [2.24, 2.45) is 0 Å². The molecular weight excluding hydrogens is 624 g/mol. The molecule has 0 fully saturated rings. The molecule has 4 aromatic rings. The third-order valence-electron chi connectivity index (χ3n) is 7.41. The minimum absolute atomic E-state index is 0.0741. The van der Waals surface area contributed by atoms with Gasteiger partial charge in [-0.3, -0.25) is 4.79 Å². The summed E-state index contributed by atoms with van der Waals surface area (Å²) in [6.07, 6.45) is -5.15. The van der Waals surface area contributed by atoms with Crippen molar-refractivity contribution in [3.05, 3.63) is 99.7 Å². The number of aliphatic hydroxyl groups excluding tert-OH is 1. The molecule has 0 aliphatic rings. The minimum Gasteiger partial charge on any atom is -0.408 e. The van der Waals surface area contributed by atoms with Crippen LogP contribution in [-0.4, -0.2) is 78.2 Å². The molecule has 0 aliphatic heterocycles. The van der Waals surface area contributed by atoms with Crippen LogP contribution in [0.3, 0.4) is 0 Å². The molecule has 0 unspecified atom stereocenters. The first kappa shape index (κ1) is 34.7. The molecule has 0 bridgehead atoms. The number of aliphatic hydroxyl groups is 2. The Morgan fingerprint density at radius 3 is 2.20 bits per heavy atom. The maximum atomic E-state index is 13.9. The summed E-state index contributed by atoms with van der Waals surface area (Å²) < 4.78 is 66.9. The van der Waals surface area contributed by atoms with Gasteiger partial charge in [0.1, 0.15) is 0 Å². The Morgan fingerprint density at radius 1 is 1.00 bits per heavy atom. The molecular formula is C29H24B4ClF3N2O5S. The second-order valence-electron chi connectivity index (χ2n) is 10.6. The summed E-state index contributed by atoms with van der Waals surface area (Å²) in [5.74, 6) is -0.721. The molecule has 3 aromatic carbocycles. The van der Waals surface area contributed by atoms with Crippen molar-refractivity contribution in [2.45, 2.75) is 41.2 Å². The van der Waals surface area contributed by atoms with Crippen LogP contribution >= 0.6 is 11.6 Å². The fraction of sp³-hybridized carbons (Fsp3) is 0.276. The molecule has 0 saturated heterocycles. The zero-order valence-electron chi connectivity index (χ0n) is 23.8. The lowest BCUT2D eigenvalue weighted by atomic mass is 9.40. The molecule has 226 valence electrons. The summed E-state index contributed by atoms with van der Waals surface area (Å²) in [4.78, 5) is 13.3. The van der Waals surface area contributed by atoms with Crippen molar-refractivity contribution in [3.8, 4) is 0 Å². The minimum atomic E-state index is -4.75. The fourth-order valence-electron chi connectivity index (χ4n) is 4.87. The van der Waals surface area contributed by atoms with Crippen LogP contribution in [0.5, 0.6) is 0 Å². The number of sulfone groups is 1. The molecule has 1 heterocycles. The van der Waals surface area contributed by atoms with E-state index in [0.29, 0.717) is 10.9 Å². The number of halogens is 4. The Bertz CT molecular complexity index is 1840. The molecule has 45 heavy (non-hydrogen) atoms. The van der Waals surface area contributed by atoms with E-state index < -0.39 is 57.3 Å². The Kier molecular flexibility index (Phi) is 9.72. The first-order chi connectivity index (χ1) is 20.8. The van der Waals surface area contributed by atoms with E-state index in [1.807, 2.05) is 0 Å². The standard InChI is InChI=1S/C29H24B4ClF3N2O5S/c1-2-45(43,44)22-8-4-16(5-9-22)24(15-40)38-26(41)18-6-10-25-19(11-18)13-21(39(25)28(30,31)29(32,33)42)12-17-3-7-20(34)14-23(17)27(35,36)37/h3-11,13-14,24,40,42H,2,12,15H2,1H3,(H,38,41)/t24-/m0/s1. The van der Waals surface area contributed by atoms with E-state index >= 15 is 0 Å². The number of nitrogens with one attached hydrogen (secondary N) is 1. The van der Waals surface area contributed by atoms with Crippen LogP contribution < -0.4 is 5.32 Å². The Balaban J connectivity index is 1.74. The molecule has 1 atom stereocenters. The number of rotatable bonds is 10. The van der Waals surface area contributed by atoms with Gasteiger partial charge in [0, 0.05) is 33.6 Å². The predicted molar refractivity (Wildman–Crippen MR) is 169 cm³/mol. The van der Waals surface area contributed by atoms with Crippen LogP contribution in [0, 0.1) is 0 Å². The molecule has 4 rings (SSSR count). The molecule has 0 spiro atoms. The topological polar surface area (TPSA) is 109 Å². The van der Waals surface area contributed by atoms with E-state index in [0.717, 1.165) is 10.6 Å². The number of aromatic nitrogens is 1. The zero-order chi connectivity index (χ0) is 33.5. The van der Waals surface area contributed by atoms with E-state index in [4.69, 9.17) is 43.0 Å². The summed E-state index contributed by atoms with van der Waals surface area (Å²) in [6.45, 7) is 1.00. The van der Waals surface area contributed by atoms with E-state index in [-0.39, 0.29) is 38.0 Å². The quantitative estimate of drug-likeness (QED) is 0.229. The molecule has 1 amide bonds. The maximum Gasteiger partial charge on any atom is 0.416 e. The van der Waals surface area contributed by atoms with E-state index in [2.05, 4.69) is 5.32 Å². The Morgan fingerprint density at radius 2 is 1.64 bits per heavy atom. The third-order valence-corrected chi connectivity index (χ3v) is 9.40. The lowest BCUT2D eigenvalue weighted by molar-refractivity contribution is -0.138. The van der Waals surface area contributed by atoms with Crippen LogP contribution in [0.1, 0.15) is 45.7 Å². The summed E-state index contributed by atoms with van der Waals surface area (Å²) in [5, 5.41) is 18.0. The highest BCUT2D eigenvalue weighted by molar-refractivity contribution is 7.91. The fourth-order valence-corrected chi connectivity index (χ4v) is 5.93. The summed E-state index contributed by atoms with van der Waals surface area (Å²) in [7, 11) is 20.2. The third kappa shape index (κ3) is 7.16. The van der Waals surface area contributed by atoms with Crippen LogP contribution in [0.15, 0.2) is 71.6 Å². The summed E-state index contributed by atoms with van der Waals surface area (Å²) >= 11 is 5.83. The van der Waals surface area contributed by atoms with Gasteiger partial charge < -0.3 is 20.1 Å². The summed E-state index contributed by atoms with van der Waals surface area (Å²) in [6, 6.07) is 13.7. The van der Waals surface area contributed by atoms with Gasteiger partial charge in [0.25, 0.3) is 5.91 Å². The average molecular weight is 648 g/mol. The SMILES string of the molecule is [B]C([B])(O)C([B])([B])n1c(Cc2ccc(Cl)cc2C(F)(F)F)cc2cc(C(=O)N[C@@H](CO)c3ccc(S(=O)(=O)CC)cc3)ccc21. The number of hydrogen-bond acceptors (Lipinski definition) is 5. The first-order valence-electron chi connectivity index (χ1n) is 13.4. The lowest BCUT2D eigenvalue weighted by Crippen LogP contribution is -2.58. The number of nitrogens with zero attached hydrogens (tertiary/aromatic N) is 1. The molecule has 16 heteroatoms. The largest absolute Gasteiger partial charge is 0.416 e. The van der Waals surface area contributed by atoms with E-state index in [1.165, 1.54) is 67.6 Å². The van der Waals surface area contributed by atoms with Gasteiger partial charge in [-0.15, -0.1) is 0 Å². The first-order valence-corrected chi connectivity index (χ1v) is 15.5. The molecule has 3 N–H and O–H groups in total. The smallest absolute Gasteiger partial charge is 0.408 e. The number of hydrogen-bond donors (Lipinski definition) is 3. The van der Waals surface area contributed by atoms with Gasteiger partial charge >= 0.3 is 6.18 Å². The van der Waals surface area contributed by atoms with Crippen LogP contribution in [-0.2, 0) is 27.8 Å². The lowest BCUT2D eigenvalue weighted by Gasteiger charge is -2.43. The van der Waals surface area contributed by atoms with Crippen molar-refractivity contribution in [3.63, 3.8) is 0 Å².